The molecule has 1 aromatic heterocycles. The van der Waals surface area contributed by atoms with E-state index in [9.17, 15) is 4.79 Å². The van der Waals surface area contributed by atoms with E-state index in [4.69, 9.17) is 0 Å². The molecule has 0 N–H and O–H groups in total. The van der Waals surface area contributed by atoms with Gasteiger partial charge in [-0.2, -0.15) is 4.57 Å². The maximum absolute atomic E-state index is 12.0. The van der Waals surface area contributed by atoms with E-state index in [2.05, 4.69) is 18.4 Å². The van der Waals surface area contributed by atoms with Gasteiger partial charge in [0.05, 0.1) is 4.88 Å². The molecule has 2 rings (SSSR count). The zero-order chi connectivity index (χ0) is 11.5. The van der Waals surface area contributed by atoms with E-state index in [0.29, 0.717) is 6.54 Å². The lowest BCUT2D eigenvalue weighted by molar-refractivity contribution is -0.686. The topological polar surface area (TPSA) is 24.2 Å². The van der Waals surface area contributed by atoms with Crippen molar-refractivity contribution in [2.75, 3.05) is 13.1 Å². The molecule has 0 unspecified atom stereocenters. The van der Waals surface area contributed by atoms with Crippen molar-refractivity contribution >= 4 is 17.2 Å². The van der Waals surface area contributed by atoms with Gasteiger partial charge in [0.25, 0.3) is 5.91 Å². The van der Waals surface area contributed by atoms with E-state index >= 15 is 0 Å². The Labute approximate surface area is 101 Å². The second-order valence-corrected chi connectivity index (χ2v) is 5.49. The summed E-state index contributed by atoms with van der Waals surface area (Å²) in [5, 5.41) is 0. The lowest BCUT2D eigenvalue weighted by atomic mass is 10.1. The summed E-state index contributed by atoms with van der Waals surface area (Å²) in [6.45, 7) is 6.58. The summed E-state index contributed by atoms with van der Waals surface area (Å²) in [7, 11) is 0. The fourth-order valence-corrected chi connectivity index (χ4v) is 2.86. The SMILES string of the molecule is Cc1sc[n+](CC(=O)N2CCCCC2)c1C. The Hall–Kier alpha value is -0.900. The fourth-order valence-electron chi connectivity index (χ4n) is 2.05. The van der Waals surface area contributed by atoms with Gasteiger partial charge in [-0.3, -0.25) is 4.79 Å². The molecule has 4 heteroatoms. The number of thiazole rings is 1. The third-order valence-corrected chi connectivity index (χ3v) is 4.32. The Bertz CT molecular complexity index is 380. The molecule has 1 amide bonds. The number of carbonyl (C=O) groups excluding carboxylic acids is 1. The van der Waals surface area contributed by atoms with Gasteiger partial charge in [0.15, 0.2) is 5.69 Å². The largest absolute Gasteiger partial charge is 0.337 e. The molecule has 0 aromatic carbocycles. The van der Waals surface area contributed by atoms with Crippen molar-refractivity contribution in [3.8, 4) is 0 Å². The predicted octanol–water partition coefficient (Wildman–Crippen LogP) is 1.66. The smallest absolute Gasteiger partial charge is 0.288 e. The Morgan fingerprint density at radius 2 is 2.06 bits per heavy atom. The van der Waals surface area contributed by atoms with Crippen molar-refractivity contribution in [2.24, 2.45) is 0 Å². The number of nitrogens with zero attached hydrogens (tertiary/aromatic N) is 2. The molecule has 0 saturated carbocycles. The first-order valence-electron chi connectivity index (χ1n) is 5.90. The Morgan fingerprint density at radius 1 is 1.38 bits per heavy atom. The molecule has 1 aliphatic rings. The molecular weight excluding hydrogens is 220 g/mol. The zero-order valence-corrected chi connectivity index (χ0v) is 10.8. The second-order valence-electron chi connectivity index (χ2n) is 4.43. The average molecular weight is 239 g/mol. The van der Waals surface area contributed by atoms with Gasteiger partial charge in [0.1, 0.15) is 0 Å². The first kappa shape index (κ1) is 11.6. The summed E-state index contributed by atoms with van der Waals surface area (Å²) in [5.74, 6) is 0.269. The third kappa shape index (κ3) is 2.43. The minimum Gasteiger partial charge on any atom is -0.337 e. The van der Waals surface area contributed by atoms with Gasteiger partial charge >= 0.3 is 0 Å². The molecule has 0 bridgehead atoms. The number of rotatable bonds is 2. The van der Waals surface area contributed by atoms with Crippen molar-refractivity contribution < 1.29 is 9.36 Å². The van der Waals surface area contributed by atoms with Gasteiger partial charge < -0.3 is 4.90 Å². The zero-order valence-electron chi connectivity index (χ0n) is 10.0. The molecule has 1 fully saturated rings. The van der Waals surface area contributed by atoms with Crippen LogP contribution in [0.25, 0.3) is 0 Å². The summed E-state index contributed by atoms with van der Waals surface area (Å²) >= 11 is 1.71. The summed E-state index contributed by atoms with van der Waals surface area (Å²) in [5.41, 5.74) is 3.27. The minimum atomic E-state index is 0.269. The standard InChI is InChI=1S/C12H19N2OS/c1-10-11(2)16-9-14(10)8-12(15)13-6-4-3-5-7-13/h9H,3-8H2,1-2H3/q+1. The van der Waals surface area contributed by atoms with Crippen molar-refractivity contribution in [1.82, 2.24) is 4.90 Å². The van der Waals surface area contributed by atoms with Crippen LogP contribution in [-0.2, 0) is 11.3 Å². The van der Waals surface area contributed by atoms with Crippen LogP contribution in [0.15, 0.2) is 5.51 Å². The molecule has 1 saturated heterocycles. The highest BCUT2D eigenvalue weighted by Gasteiger charge is 2.22. The molecule has 0 spiro atoms. The molecule has 0 aliphatic carbocycles. The lowest BCUT2D eigenvalue weighted by Gasteiger charge is -2.25. The highest BCUT2D eigenvalue weighted by atomic mass is 32.1. The van der Waals surface area contributed by atoms with Crippen molar-refractivity contribution in [3.05, 3.63) is 16.1 Å². The molecule has 0 atom stereocenters. The van der Waals surface area contributed by atoms with E-state index in [-0.39, 0.29) is 5.91 Å². The fraction of sp³-hybridized carbons (Fsp3) is 0.667. The van der Waals surface area contributed by atoms with Crippen LogP contribution in [0.3, 0.4) is 0 Å². The van der Waals surface area contributed by atoms with Crippen LogP contribution in [0, 0.1) is 13.8 Å². The van der Waals surface area contributed by atoms with Crippen molar-refractivity contribution in [1.29, 1.82) is 0 Å². The van der Waals surface area contributed by atoms with Crippen LogP contribution in [0.4, 0.5) is 0 Å². The predicted molar refractivity (Wildman–Crippen MR) is 64.4 cm³/mol. The van der Waals surface area contributed by atoms with E-state index in [0.717, 1.165) is 25.9 Å². The number of hydrogen-bond donors (Lipinski definition) is 0. The second kappa shape index (κ2) is 4.95. The van der Waals surface area contributed by atoms with E-state index in [1.54, 1.807) is 11.3 Å². The summed E-state index contributed by atoms with van der Waals surface area (Å²) in [6, 6.07) is 0. The van der Waals surface area contributed by atoms with Crippen LogP contribution in [0.1, 0.15) is 29.8 Å². The molecule has 0 radical (unpaired) electrons. The van der Waals surface area contributed by atoms with Crippen molar-refractivity contribution in [3.63, 3.8) is 0 Å². The Kier molecular flexibility index (Phi) is 3.59. The lowest BCUT2D eigenvalue weighted by Crippen LogP contribution is -2.46. The van der Waals surface area contributed by atoms with Crippen LogP contribution in [0.2, 0.25) is 0 Å². The number of amides is 1. The van der Waals surface area contributed by atoms with Crippen LogP contribution in [0.5, 0.6) is 0 Å². The summed E-state index contributed by atoms with van der Waals surface area (Å²) in [4.78, 5) is 15.3. The van der Waals surface area contributed by atoms with E-state index in [1.807, 2.05) is 10.4 Å². The van der Waals surface area contributed by atoms with Crippen LogP contribution in [-0.4, -0.2) is 23.9 Å². The minimum absolute atomic E-state index is 0.269. The number of carbonyl (C=O) groups is 1. The molecule has 1 aliphatic heterocycles. The highest BCUT2D eigenvalue weighted by Crippen LogP contribution is 2.10. The first-order valence-corrected chi connectivity index (χ1v) is 6.78. The number of aryl methyl sites for hydroxylation is 1. The van der Waals surface area contributed by atoms with Gasteiger partial charge in [0.2, 0.25) is 12.1 Å². The maximum atomic E-state index is 12.0. The Morgan fingerprint density at radius 3 is 2.62 bits per heavy atom. The molecule has 2 heterocycles. The average Bonchev–Trinajstić information content (AvgIpc) is 2.62. The maximum Gasteiger partial charge on any atom is 0.288 e. The van der Waals surface area contributed by atoms with Crippen LogP contribution < -0.4 is 4.57 Å². The number of likely N-dealkylation sites (tertiary alicyclic amines) is 1. The summed E-state index contributed by atoms with van der Waals surface area (Å²) in [6.07, 6.45) is 3.60. The van der Waals surface area contributed by atoms with E-state index < -0.39 is 0 Å². The number of hydrogen-bond acceptors (Lipinski definition) is 2. The van der Waals surface area contributed by atoms with Gasteiger partial charge in [-0.05, 0) is 26.2 Å². The van der Waals surface area contributed by atoms with E-state index in [1.165, 1.54) is 17.0 Å². The Balaban J connectivity index is 1.98. The van der Waals surface area contributed by atoms with Gasteiger partial charge in [0, 0.05) is 20.0 Å². The first-order chi connectivity index (χ1) is 7.68. The molecule has 3 nitrogen and oxygen atoms in total. The van der Waals surface area contributed by atoms with Crippen molar-refractivity contribution in [2.45, 2.75) is 39.7 Å². The third-order valence-electron chi connectivity index (χ3n) is 3.31. The number of aromatic nitrogens is 1. The van der Waals surface area contributed by atoms with Gasteiger partial charge in [-0.1, -0.05) is 11.3 Å². The molecular formula is C12H19N2OS+. The van der Waals surface area contributed by atoms with Crippen LogP contribution >= 0.6 is 11.3 Å². The highest BCUT2D eigenvalue weighted by molar-refractivity contribution is 7.09. The quantitative estimate of drug-likeness (QED) is 0.720. The van der Waals surface area contributed by atoms with Gasteiger partial charge in [-0.25, -0.2) is 0 Å². The molecule has 88 valence electrons. The normalized spacial score (nSPS) is 16.5. The molecule has 1 aromatic rings. The van der Waals surface area contributed by atoms with Gasteiger partial charge in [-0.15, -0.1) is 0 Å². The number of piperidine rings is 1. The molecule has 16 heavy (non-hydrogen) atoms. The summed E-state index contributed by atoms with van der Waals surface area (Å²) < 4.78 is 2.07. The monoisotopic (exact) mass is 239 g/mol.